The third kappa shape index (κ3) is 4.26. The van der Waals surface area contributed by atoms with Crippen LogP contribution in [0.2, 0.25) is 0 Å². The van der Waals surface area contributed by atoms with E-state index in [0.29, 0.717) is 17.5 Å². The van der Waals surface area contributed by atoms with Crippen molar-refractivity contribution in [3.63, 3.8) is 0 Å². The average Bonchev–Trinajstić information content (AvgIpc) is 3.53. The number of hydrogen-bond acceptors (Lipinski definition) is 9. The molecule has 0 aromatic carbocycles. The first-order valence-electron chi connectivity index (χ1n) is 9.86. The van der Waals surface area contributed by atoms with Crippen molar-refractivity contribution in [2.24, 2.45) is 5.92 Å². The Hall–Kier alpha value is -3.73. The molecule has 0 bridgehead atoms. The predicted octanol–water partition coefficient (Wildman–Crippen LogP) is 2.43. The van der Waals surface area contributed by atoms with Crippen LogP contribution >= 0.6 is 11.3 Å². The van der Waals surface area contributed by atoms with E-state index in [2.05, 4.69) is 40.2 Å². The lowest BCUT2D eigenvalue weighted by molar-refractivity contribution is -0.120. The molecule has 1 unspecified atom stereocenters. The van der Waals surface area contributed by atoms with Gasteiger partial charge in [-0.25, -0.2) is 24.6 Å². The summed E-state index contributed by atoms with van der Waals surface area (Å²) in [4.78, 5) is 36.4. The summed E-state index contributed by atoms with van der Waals surface area (Å²) in [5, 5.41) is 9.56. The monoisotopic (exact) mass is 433 g/mol. The number of anilines is 2. The minimum Gasteiger partial charge on any atom is -0.356 e. The van der Waals surface area contributed by atoms with Crippen molar-refractivity contribution in [1.82, 2.24) is 34.7 Å². The van der Waals surface area contributed by atoms with Crippen LogP contribution in [0.3, 0.4) is 0 Å². The Kier molecular flexibility index (Phi) is 5.31. The largest absolute Gasteiger partial charge is 0.356 e. The van der Waals surface area contributed by atoms with Gasteiger partial charge in [0.05, 0.1) is 11.6 Å². The van der Waals surface area contributed by atoms with Crippen LogP contribution in [0, 0.1) is 5.92 Å². The van der Waals surface area contributed by atoms with Gasteiger partial charge in [0, 0.05) is 30.7 Å². The van der Waals surface area contributed by atoms with E-state index >= 15 is 0 Å². The highest BCUT2D eigenvalue weighted by atomic mass is 32.1. The Labute approximate surface area is 182 Å². The van der Waals surface area contributed by atoms with Gasteiger partial charge in [-0.05, 0) is 25.0 Å². The average molecular weight is 434 g/mol. The van der Waals surface area contributed by atoms with Crippen molar-refractivity contribution < 1.29 is 4.79 Å². The number of nitrogens with one attached hydrogen (secondary N) is 1. The van der Waals surface area contributed by atoms with Crippen molar-refractivity contribution >= 4 is 28.2 Å². The molecule has 0 radical (unpaired) electrons. The highest BCUT2D eigenvalue weighted by molar-refractivity contribution is 7.14. The summed E-state index contributed by atoms with van der Waals surface area (Å²) in [6, 6.07) is 7.53. The van der Waals surface area contributed by atoms with Crippen LogP contribution in [-0.2, 0) is 4.79 Å². The molecule has 1 aliphatic heterocycles. The quantitative estimate of drug-likeness (QED) is 0.510. The van der Waals surface area contributed by atoms with Crippen molar-refractivity contribution in [2.75, 3.05) is 23.3 Å². The molecule has 31 heavy (non-hydrogen) atoms. The highest BCUT2D eigenvalue weighted by Gasteiger charge is 2.27. The van der Waals surface area contributed by atoms with E-state index in [4.69, 9.17) is 0 Å². The summed E-state index contributed by atoms with van der Waals surface area (Å²) in [6.07, 6.45) is 8.00. The molecule has 11 heteroatoms. The zero-order valence-corrected chi connectivity index (χ0v) is 17.3. The van der Waals surface area contributed by atoms with Gasteiger partial charge in [-0.15, -0.1) is 11.3 Å². The molecule has 4 aromatic heterocycles. The zero-order valence-electron chi connectivity index (χ0n) is 16.5. The number of rotatable bonds is 5. The Bertz CT molecular complexity index is 1160. The summed E-state index contributed by atoms with van der Waals surface area (Å²) in [5.41, 5.74) is 1.54. The van der Waals surface area contributed by atoms with Gasteiger partial charge >= 0.3 is 0 Å². The predicted molar refractivity (Wildman–Crippen MR) is 116 cm³/mol. The normalized spacial score (nSPS) is 16.3. The lowest BCUT2D eigenvalue weighted by atomic mass is 9.97. The Morgan fingerprint density at radius 2 is 2.06 bits per heavy atom. The molecule has 0 saturated carbocycles. The molecule has 4 aromatic rings. The van der Waals surface area contributed by atoms with Crippen LogP contribution < -0.4 is 10.2 Å². The molecular weight excluding hydrogens is 414 g/mol. The van der Waals surface area contributed by atoms with Gasteiger partial charge in [0.2, 0.25) is 5.91 Å². The highest BCUT2D eigenvalue weighted by Crippen LogP contribution is 2.26. The molecule has 10 nitrogen and oxygen atoms in total. The Morgan fingerprint density at radius 1 is 1.13 bits per heavy atom. The van der Waals surface area contributed by atoms with Crippen LogP contribution in [-0.4, -0.2) is 53.7 Å². The molecule has 0 aliphatic carbocycles. The standard InChI is InChI=1S/C20H19N9OS/c30-19(27-20-26-16(10-31-20)15-5-1-2-6-22-15)14-4-3-7-28(9-14)17-8-18(24-12-23-17)29-13-21-11-25-29/h1-2,5-6,8,10-14H,3-4,7,9H2,(H,26,27,30). The summed E-state index contributed by atoms with van der Waals surface area (Å²) < 4.78 is 1.58. The van der Waals surface area contributed by atoms with E-state index < -0.39 is 0 Å². The first-order chi connectivity index (χ1) is 15.3. The second kappa shape index (κ2) is 8.56. The van der Waals surface area contributed by atoms with Gasteiger partial charge in [0.15, 0.2) is 10.9 Å². The lowest BCUT2D eigenvalue weighted by Gasteiger charge is -2.32. The Morgan fingerprint density at radius 3 is 2.90 bits per heavy atom. The number of hydrogen-bond donors (Lipinski definition) is 1. The topological polar surface area (TPSA) is 115 Å². The fourth-order valence-corrected chi connectivity index (χ4v) is 4.24. The second-order valence-electron chi connectivity index (χ2n) is 7.10. The molecule has 1 fully saturated rings. The first-order valence-corrected chi connectivity index (χ1v) is 10.7. The molecular formula is C20H19N9OS. The van der Waals surface area contributed by atoms with Gasteiger partial charge < -0.3 is 10.2 Å². The Balaban J connectivity index is 1.26. The summed E-state index contributed by atoms with van der Waals surface area (Å²) >= 11 is 1.40. The van der Waals surface area contributed by atoms with Crippen LogP contribution in [0.25, 0.3) is 17.2 Å². The molecule has 5 heterocycles. The summed E-state index contributed by atoms with van der Waals surface area (Å²) in [5.74, 6) is 1.22. The van der Waals surface area contributed by atoms with Crippen LogP contribution in [0.5, 0.6) is 0 Å². The summed E-state index contributed by atoms with van der Waals surface area (Å²) in [6.45, 7) is 1.41. The fourth-order valence-electron chi connectivity index (χ4n) is 3.53. The van der Waals surface area contributed by atoms with Gasteiger partial charge in [0.25, 0.3) is 0 Å². The van der Waals surface area contributed by atoms with Crippen molar-refractivity contribution in [3.05, 3.63) is 54.8 Å². The number of amides is 1. The van der Waals surface area contributed by atoms with E-state index in [1.165, 1.54) is 24.0 Å². The second-order valence-corrected chi connectivity index (χ2v) is 7.96. The minimum atomic E-state index is -0.152. The van der Waals surface area contributed by atoms with E-state index in [0.717, 1.165) is 36.6 Å². The van der Waals surface area contributed by atoms with Crippen LogP contribution in [0.4, 0.5) is 10.9 Å². The van der Waals surface area contributed by atoms with Crippen molar-refractivity contribution in [1.29, 1.82) is 0 Å². The van der Waals surface area contributed by atoms with Gasteiger partial charge in [-0.2, -0.15) is 5.10 Å². The number of pyridine rings is 1. The molecule has 0 spiro atoms. The SMILES string of the molecule is O=C(Nc1nc(-c2ccccn2)cs1)C1CCCN(c2cc(-n3cncn3)ncn2)C1. The van der Waals surface area contributed by atoms with Crippen molar-refractivity contribution in [3.8, 4) is 17.2 Å². The van der Waals surface area contributed by atoms with Crippen LogP contribution in [0.15, 0.2) is 54.8 Å². The number of carbonyl (C=O) groups is 1. The molecule has 1 saturated heterocycles. The maximum absolute atomic E-state index is 12.9. The molecule has 1 amide bonds. The van der Waals surface area contributed by atoms with E-state index in [1.807, 2.05) is 29.6 Å². The zero-order chi connectivity index (χ0) is 21.0. The number of thiazole rings is 1. The van der Waals surface area contributed by atoms with Gasteiger partial charge in [-0.3, -0.25) is 9.78 Å². The fraction of sp³-hybridized carbons (Fsp3) is 0.250. The molecule has 5 rings (SSSR count). The number of aromatic nitrogens is 7. The van der Waals surface area contributed by atoms with Gasteiger partial charge in [0.1, 0.15) is 30.5 Å². The van der Waals surface area contributed by atoms with Crippen molar-refractivity contribution in [2.45, 2.75) is 12.8 Å². The molecule has 1 atom stereocenters. The molecule has 156 valence electrons. The number of piperidine rings is 1. The van der Waals surface area contributed by atoms with E-state index in [-0.39, 0.29) is 11.8 Å². The van der Waals surface area contributed by atoms with E-state index in [9.17, 15) is 4.79 Å². The maximum atomic E-state index is 12.9. The third-order valence-corrected chi connectivity index (χ3v) is 5.83. The number of carbonyl (C=O) groups excluding carboxylic acids is 1. The molecule has 1 N–H and O–H groups in total. The smallest absolute Gasteiger partial charge is 0.231 e. The first kappa shape index (κ1) is 19.2. The van der Waals surface area contributed by atoms with E-state index in [1.54, 1.807) is 17.2 Å². The maximum Gasteiger partial charge on any atom is 0.231 e. The van der Waals surface area contributed by atoms with Gasteiger partial charge in [-0.1, -0.05) is 6.07 Å². The van der Waals surface area contributed by atoms with Crippen LogP contribution in [0.1, 0.15) is 12.8 Å². The summed E-state index contributed by atoms with van der Waals surface area (Å²) in [7, 11) is 0. The molecule has 1 aliphatic rings. The third-order valence-electron chi connectivity index (χ3n) is 5.07. The lowest BCUT2D eigenvalue weighted by Crippen LogP contribution is -2.41. The minimum absolute atomic E-state index is 0.0304. The number of nitrogens with zero attached hydrogens (tertiary/aromatic N) is 8.